The molecule has 3 rings (SSSR count). The average Bonchev–Trinajstić information content (AvgIpc) is 3.14. The van der Waals surface area contributed by atoms with E-state index in [4.69, 9.17) is 0 Å². The van der Waals surface area contributed by atoms with Crippen LogP contribution >= 0.6 is 0 Å². The third kappa shape index (κ3) is 5.02. The first kappa shape index (κ1) is 17.9. The van der Waals surface area contributed by atoms with Gasteiger partial charge in [0.15, 0.2) is 0 Å². The van der Waals surface area contributed by atoms with Crippen molar-refractivity contribution in [2.45, 2.75) is 31.7 Å². The molecule has 0 radical (unpaired) electrons. The minimum atomic E-state index is -0.348. The van der Waals surface area contributed by atoms with E-state index in [2.05, 4.69) is 10.6 Å². The SMILES string of the molecule is O=C(/C=C/c1cccc(F)c1)Nc1ccc(C(=O)NC2CCCC2)cc1. The van der Waals surface area contributed by atoms with Crippen molar-refractivity contribution < 1.29 is 14.0 Å². The molecule has 0 unspecified atom stereocenters. The number of amides is 2. The summed E-state index contributed by atoms with van der Waals surface area (Å²) in [6.45, 7) is 0. The van der Waals surface area contributed by atoms with Crippen LogP contribution in [0.25, 0.3) is 6.08 Å². The van der Waals surface area contributed by atoms with Crippen LogP contribution in [0.4, 0.5) is 10.1 Å². The fourth-order valence-corrected chi connectivity index (χ4v) is 3.01. The highest BCUT2D eigenvalue weighted by Crippen LogP contribution is 2.18. The summed E-state index contributed by atoms with van der Waals surface area (Å²) in [7, 11) is 0. The summed E-state index contributed by atoms with van der Waals surface area (Å²) in [6, 6.07) is 13.0. The molecule has 134 valence electrons. The molecule has 0 heterocycles. The van der Waals surface area contributed by atoms with Gasteiger partial charge >= 0.3 is 0 Å². The fraction of sp³-hybridized carbons (Fsp3) is 0.238. The number of carbonyl (C=O) groups excluding carboxylic acids is 2. The second kappa shape index (κ2) is 8.43. The molecule has 4 nitrogen and oxygen atoms in total. The van der Waals surface area contributed by atoms with E-state index in [0.29, 0.717) is 16.8 Å². The lowest BCUT2D eigenvalue weighted by Gasteiger charge is -2.12. The van der Waals surface area contributed by atoms with Gasteiger partial charge in [0, 0.05) is 23.4 Å². The van der Waals surface area contributed by atoms with Crippen molar-refractivity contribution in [3.8, 4) is 0 Å². The first-order valence-corrected chi connectivity index (χ1v) is 8.76. The smallest absolute Gasteiger partial charge is 0.251 e. The van der Waals surface area contributed by atoms with Crippen molar-refractivity contribution in [3.63, 3.8) is 0 Å². The monoisotopic (exact) mass is 352 g/mol. The van der Waals surface area contributed by atoms with Crippen LogP contribution in [0.3, 0.4) is 0 Å². The molecule has 0 bridgehead atoms. The molecule has 26 heavy (non-hydrogen) atoms. The lowest BCUT2D eigenvalue weighted by atomic mass is 10.1. The van der Waals surface area contributed by atoms with Crippen molar-refractivity contribution >= 4 is 23.6 Å². The third-order valence-corrected chi connectivity index (χ3v) is 4.38. The van der Waals surface area contributed by atoms with E-state index in [-0.39, 0.29) is 23.7 Å². The maximum Gasteiger partial charge on any atom is 0.251 e. The number of anilines is 1. The summed E-state index contributed by atoms with van der Waals surface area (Å²) in [4.78, 5) is 24.1. The van der Waals surface area contributed by atoms with Gasteiger partial charge in [0.1, 0.15) is 5.82 Å². The lowest BCUT2D eigenvalue weighted by Crippen LogP contribution is -2.32. The number of hydrogen-bond donors (Lipinski definition) is 2. The molecule has 0 atom stereocenters. The van der Waals surface area contributed by atoms with E-state index < -0.39 is 0 Å². The van der Waals surface area contributed by atoms with Gasteiger partial charge in [0.2, 0.25) is 5.91 Å². The van der Waals surface area contributed by atoms with Crippen LogP contribution in [0.5, 0.6) is 0 Å². The van der Waals surface area contributed by atoms with Gasteiger partial charge in [-0.25, -0.2) is 4.39 Å². The fourth-order valence-electron chi connectivity index (χ4n) is 3.01. The lowest BCUT2D eigenvalue weighted by molar-refractivity contribution is -0.111. The Hall–Kier alpha value is -2.95. The summed E-state index contributed by atoms with van der Waals surface area (Å²) in [5.74, 6) is -0.753. The number of rotatable bonds is 5. The minimum Gasteiger partial charge on any atom is -0.349 e. The molecule has 0 aromatic heterocycles. The van der Waals surface area contributed by atoms with E-state index in [0.717, 1.165) is 12.8 Å². The largest absolute Gasteiger partial charge is 0.349 e. The highest BCUT2D eigenvalue weighted by Gasteiger charge is 2.17. The van der Waals surface area contributed by atoms with Crippen LogP contribution in [0.1, 0.15) is 41.6 Å². The summed E-state index contributed by atoms with van der Waals surface area (Å²) >= 11 is 0. The summed E-state index contributed by atoms with van der Waals surface area (Å²) < 4.78 is 13.1. The van der Waals surface area contributed by atoms with E-state index in [1.165, 1.54) is 31.1 Å². The maximum atomic E-state index is 13.1. The van der Waals surface area contributed by atoms with Gasteiger partial charge in [-0.05, 0) is 60.9 Å². The molecule has 2 amide bonds. The van der Waals surface area contributed by atoms with Crippen molar-refractivity contribution in [2.75, 3.05) is 5.32 Å². The molecule has 2 N–H and O–H groups in total. The van der Waals surface area contributed by atoms with E-state index in [1.807, 2.05) is 0 Å². The predicted molar refractivity (Wildman–Crippen MR) is 100 cm³/mol. The van der Waals surface area contributed by atoms with Crippen molar-refractivity contribution in [1.82, 2.24) is 5.32 Å². The number of nitrogens with one attached hydrogen (secondary N) is 2. The molecule has 2 aromatic rings. The third-order valence-electron chi connectivity index (χ3n) is 4.38. The molecule has 1 aliphatic rings. The highest BCUT2D eigenvalue weighted by molar-refractivity contribution is 6.02. The number of carbonyl (C=O) groups is 2. The Morgan fingerprint density at radius 2 is 1.77 bits per heavy atom. The van der Waals surface area contributed by atoms with Crippen LogP contribution < -0.4 is 10.6 Å². The standard InChI is InChI=1S/C21H21FN2O2/c22-17-5-3-4-15(14-17)8-13-20(25)23-19-11-9-16(10-12-19)21(26)24-18-6-1-2-7-18/h3-5,8-14,18H,1-2,6-7H2,(H,23,25)(H,24,26)/b13-8+. The molecule has 0 saturated heterocycles. The Balaban J connectivity index is 1.54. The van der Waals surface area contributed by atoms with Crippen molar-refractivity contribution in [2.24, 2.45) is 0 Å². The molecule has 0 aliphatic heterocycles. The molecular weight excluding hydrogens is 331 g/mol. The Kier molecular flexibility index (Phi) is 5.79. The van der Waals surface area contributed by atoms with Gasteiger partial charge < -0.3 is 10.6 Å². The number of benzene rings is 2. The molecule has 5 heteroatoms. The molecule has 1 saturated carbocycles. The highest BCUT2D eigenvalue weighted by atomic mass is 19.1. The van der Waals surface area contributed by atoms with Crippen LogP contribution in [-0.4, -0.2) is 17.9 Å². The second-order valence-corrected chi connectivity index (χ2v) is 6.41. The molecule has 1 fully saturated rings. The molecular formula is C21H21FN2O2. The zero-order valence-electron chi connectivity index (χ0n) is 14.4. The Labute approximate surface area is 152 Å². The van der Waals surface area contributed by atoms with Crippen LogP contribution in [0.2, 0.25) is 0 Å². The minimum absolute atomic E-state index is 0.0826. The summed E-state index contributed by atoms with van der Waals surface area (Å²) in [5.41, 5.74) is 1.78. The van der Waals surface area contributed by atoms with E-state index in [1.54, 1.807) is 42.5 Å². The zero-order chi connectivity index (χ0) is 18.4. The first-order chi connectivity index (χ1) is 12.6. The predicted octanol–water partition coefficient (Wildman–Crippen LogP) is 4.15. The molecule has 1 aliphatic carbocycles. The first-order valence-electron chi connectivity index (χ1n) is 8.76. The van der Waals surface area contributed by atoms with Gasteiger partial charge in [-0.2, -0.15) is 0 Å². The quantitative estimate of drug-likeness (QED) is 0.794. The Morgan fingerprint density at radius 1 is 1.04 bits per heavy atom. The van der Waals surface area contributed by atoms with Crippen LogP contribution in [-0.2, 0) is 4.79 Å². The second-order valence-electron chi connectivity index (χ2n) is 6.41. The normalized spacial score (nSPS) is 14.5. The van der Waals surface area contributed by atoms with Gasteiger partial charge in [-0.3, -0.25) is 9.59 Å². The topological polar surface area (TPSA) is 58.2 Å². The summed E-state index contributed by atoms with van der Waals surface area (Å²) in [6.07, 6.45) is 7.30. The number of hydrogen-bond acceptors (Lipinski definition) is 2. The van der Waals surface area contributed by atoms with Gasteiger partial charge in [-0.15, -0.1) is 0 Å². The van der Waals surface area contributed by atoms with Crippen LogP contribution in [0, 0.1) is 5.82 Å². The Bertz CT molecular complexity index is 809. The average molecular weight is 352 g/mol. The number of halogens is 1. The molecule has 0 spiro atoms. The van der Waals surface area contributed by atoms with E-state index >= 15 is 0 Å². The van der Waals surface area contributed by atoms with Gasteiger partial charge in [0.25, 0.3) is 5.91 Å². The van der Waals surface area contributed by atoms with Gasteiger partial charge in [-0.1, -0.05) is 25.0 Å². The zero-order valence-corrected chi connectivity index (χ0v) is 14.4. The maximum absolute atomic E-state index is 13.1. The molecule has 2 aromatic carbocycles. The van der Waals surface area contributed by atoms with E-state index in [9.17, 15) is 14.0 Å². The van der Waals surface area contributed by atoms with Crippen molar-refractivity contribution in [3.05, 3.63) is 71.6 Å². The van der Waals surface area contributed by atoms with Crippen molar-refractivity contribution in [1.29, 1.82) is 0 Å². The van der Waals surface area contributed by atoms with Crippen LogP contribution in [0.15, 0.2) is 54.6 Å². The Morgan fingerprint density at radius 3 is 2.46 bits per heavy atom. The summed E-state index contributed by atoms with van der Waals surface area (Å²) in [5, 5.41) is 5.75. The van der Waals surface area contributed by atoms with Gasteiger partial charge in [0.05, 0.1) is 0 Å².